The van der Waals surface area contributed by atoms with E-state index in [9.17, 15) is 9.59 Å². The number of fused-ring (bicyclic) bond motifs is 1. The highest BCUT2D eigenvalue weighted by Gasteiger charge is 2.49. The van der Waals surface area contributed by atoms with Crippen LogP contribution in [0.1, 0.15) is 18.4 Å². The second-order valence-electron chi connectivity index (χ2n) is 6.83. The molecule has 0 spiro atoms. The van der Waals surface area contributed by atoms with Gasteiger partial charge in [0.15, 0.2) is 11.5 Å². The Bertz CT molecular complexity index is 1100. The van der Waals surface area contributed by atoms with E-state index in [4.69, 9.17) is 14.0 Å². The van der Waals surface area contributed by atoms with E-state index in [0.717, 1.165) is 10.5 Å². The molecule has 2 aliphatic heterocycles. The minimum Gasteiger partial charge on any atom is -0.486 e. The first-order valence-corrected chi connectivity index (χ1v) is 9.88. The molecule has 0 aliphatic carbocycles. The van der Waals surface area contributed by atoms with Crippen molar-refractivity contribution in [2.75, 3.05) is 13.2 Å². The van der Waals surface area contributed by atoms with Gasteiger partial charge in [-0.05, 0) is 36.1 Å². The van der Waals surface area contributed by atoms with E-state index in [-0.39, 0.29) is 12.4 Å². The molecule has 1 saturated heterocycles. The highest BCUT2D eigenvalue weighted by molar-refractivity contribution is 7.08. The van der Waals surface area contributed by atoms with Crippen LogP contribution in [0, 0.1) is 0 Å². The van der Waals surface area contributed by atoms with E-state index in [1.165, 1.54) is 11.3 Å². The molecule has 1 aromatic carbocycles. The molecule has 10 heteroatoms. The van der Waals surface area contributed by atoms with E-state index in [1.807, 2.05) is 16.8 Å². The summed E-state index contributed by atoms with van der Waals surface area (Å²) in [6.07, 6.45) is 0. The van der Waals surface area contributed by atoms with Crippen LogP contribution in [-0.2, 0) is 16.9 Å². The molecular weight excluding hydrogens is 396 g/mol. The Balaban J connectivity index is 1.39. The van der Waals surface area contributed by atoms with Crippen LogP contribution in [0.3, 0.4) is 0 Å². The fourth-order valence-electron chi connectivity index (χ4n) is 3.35. The third kappa shape index (κ3) is 2.92. The first-order chi connectivity index (χ1) is 14.0. The molecule has 1 fully saturated rings. The van der Waals surface area contributed by atoms with Crippen LogP contribution in [0.4, 0.5) is 4.79 Å². The smallest absolute Gasteiger partial charge is 0.325 e. The van der Waals surface area contributed by atoms with Crippen molar-refractivity contribution in [3.8, 4) is 22.9 Å². The molecule has 4 heterocycles. The van der Waals surface area contributed by atoms with Gasteiger partial charge < -0.3 is 19.3 Å². The summed E-state index contributed by atoms with van der Waals surface area (Å²) < 4.78 is 16.3. The van der Waals surface area contributed by atoms with Crippen LogP contribution >= 0.6 is 11.3 Å². The molecule has 0 saturated carbocycles. The quantitative estimate of drug-likeness (QED) is 0.656. The molecule has 148 valence electrons. The molecule has 9 nitrogen and oxygen atoms in total. The Morgan fingerprint density at radius 2 is 2.03 bits per heavy atom. The fourth-order valence-corrected chi connectivity index (χ4v) is 3.99. The summed E-state index contributed by atoms with van der Waals surface area (Å²) in [6, 6.07) is 6.55. The van der Waals surface area contributed by atoms with Gasteiger partial charge in [-0.15, -0.1) is 0 Å². The first kappa shape index (κ1) is 17.7. The van der Waals surface area contributed by atoms with Crippen molar-refractivity contribution in [1.82, 2.24) is 20.4 Å². The molecular formula is C19H16N4O5S. The number of aromatic nitrogens is 2. The van der Waals surface area contributed by atoms with Crippen LogP contribution in [0.15, 0.2) is 39.5 Å². The van der Waals surface area contributed by atoms with Gasteiger partial charge in [0, 0.05) is 10.9 Å². The molecule has 3 amide bonds. The Morgan fingerprint density at radius 3 is 2.83 bits per heavy atom. The lowest BCUT2D eigenvalue weighted by atomic mass is 9.91. The highest BCUT2D eigenvalue weighted by Crippen LogP contribution is 2.37. The number of imide groups is 1. The Hall–Kier alpha value is -3.40. The van der Waals surface area contributed by atoms with E-state index in [0.29, 0.717) is 36.1 Å². The van der Waals surface area contributed by atoms with E-state index in [2.05, 4.69) is 15.5 Å². The predicted molar refractivity (Wildman–Crippen MR) is 101 cm³/mol. The number of thiophene rings is 1. The third-order valence-corrected chi connectivity index (χ3v) is 5.62. The predicted octanol–water partition coefficient (Wildman–Crippen LogP) is 2.54. The molecule has 29 heavy (non-hydrogen) atoms. The topological polar surface area (TPSA) is 107 Å². The number of nitrogens with one attached hydrogen (secondary N) is 1. The number of benzene rings is 1. The van der Waals surface area contributed by atoms with Gasteiger partial charge in [0.1, 0.15) is 25.3 Å². The summed E-state index contributed by atoms with van der Waals surface area (Å²) in [6.45, 7) is 2.46. The SMILES string of the molecule is C[C@]1(c2ccc3c(c2)OCCO3)NC(=O)N(Cc2nc(-c3ccsc3)no2)C1=O. The molecule has 0 bridgehead atoms. The van der Waals surface area contributed by atoms with Gasteiger partial charge in [-0.25, -0.2) is 4.79 Å². The van der Waals surface area contributed by atoms with Gasteiger partial charge in [-0.2, -0.15) is 16.3 Å². The zero-order chi connectivity index (χ0) is 20.0. The third-order valence-electron chi connectivity index (χ3n) is 4.94. The second kappa shape index (κ2) is 6.59. The Labute approximate surface area is 169 Å². The number of hydrogen-bond donors (Lipinski definition) is 1. The molecule has 3 aromatic rings. The van der Waals surface area contributed by atoms with E-state index >= 15 is 0 Å². The lowest BCUT2D eigenvalue weighted by Crippen LogP contribution is -2.41. The van der Waals surface area contributed by atoms with Gasteiger partial charge in [-0.3, -0.25) is 9.69 Å². The maximum absolute atomic E-state index is 13.1. The number of rotatable bonds is 4. The van der Waals surface area contributed by atoms with Crippen LogP contribution in [0.2, 0.25) is 0 Å². The molecule has 1 N–H and O–H groups in total. The van der Waals surface area contributed by atoms with Crippen LogP contribution < -0.4 is 14.8 Å². The Kier molecular flexibility index (Phi) is 4.02. The molecule has 2 aromatic heterocycles. The largest absolute Gasteiger partial charge is 0.486 e. The van der Waals surface area contributed by atoms with Crippen molar-refractivity contribution in [2.24, 2.45) is 0 Å². The number of ether oxygens (including phenoxy) is 2. The van der Waals surface area contributed by atoms with Crippen molar-refractivity contribution < 1.29 is 23.6 Å². The standard InChI is InChI=1S/C19H16N4O5S/c1-19(12-2-3-13-14(8-12)27-6-5-26-13)17(24)23(18(25)21-19)9-15-20-16(22-28-15)11-4-7-29-10-11/h2-4,7-8,10H,5-6,9H2,1H3,(H,21,25)/t19-/m1/s1. The molecule has 5 rings (SSSR count). The van der Waals surface area contributed by atoms with Crippen molar-refractivity contribution >= 4 is 23.3 Å². The normalized spacial score (nSPS) is 20.8. The van der Waals surface area contributed by atoms with Crippen molar-refractivity contribution in [2.45, 2.75) is 19.0 Å². The van der Waals surface area contributed by atoms with Crippen molar-refractivity contribution in [3.63, 3.8) is 0 Å². The zero-order valence-electron chi connectivity index (χ0n) is 15.4. The number of urea groups is 1. The van der Waals surface area contributed by atoms with Gasteiger partial charge in [0.05, 0.1) is 0 Å². The minimum atomic E-state index is -1.23. The maximum atomic E-state index is 13.1. The average molecular weight is 412 g/mol. The fraction of sp³-hybridized carbons (Fsp3) is 0.263. The molecule has 0 radical (unpaired) electrons. The van der Waals surface area contributed by atoms with Crippen molar-refractivity contribution in [1.29, 1.82) is 0 Å². The number of nitrogens with zero attached hydrogens (tertiary/aromatic N) is 3. The number of hydrogen-bond acceptors (Lipinski definition) is 8. The molecule has 1 atom stereocenters. The van der Waals surface area contributed by atoms with Gasteiger partial charge >= 0.3 is 6.03 Å². The minimum absolute atomic E-state index is 0.109. The van der Waals surface area contributed by atoms with Crippen LogP contribution in [0.5, 0.6) is 11.5 Å². The summed E-state index contributed by atoms with van der Waals surface area (Å²) in [7, 11) is 0. The van der Waals surface area contributed by atoms with Crippen LogP contribution in [0.25, 0.3) is 11.4 Å². The van der Waals surface area contributed by atoms with E-state index in [1.54, 1.807) is 25.1 Å². The lowest BCUT2D eigenvalue weighted by Gasteiger charge is -2.25. The maximum Gasteiger partial charge on any atom is 0.325 e. The molecule has 0 unspecified atom stereocenters. The van der Waals surface area contributed by atoms with Gasteiger partial charge in [0.25, 0.3) is 5.91 Å². The lowest BCUT2D eigenvalue weighted by molar-refractivity contribution is -0.131. The summed E-state index contributed by atoms with van der Waals surface area (Å²) in [4.78, 5) is 31.0. The first-order valence-electron chi connectivity index (χ1n) is 8.94. The van der Waals surface area contributed by atoms with Gasteiger partial charge in [-0.1, -0.05) is 11.2 Å². The monoisotopic (exact) mass is 412 g/mol. The van der Waals surface area contributed by atoms with E-state index < -0.39 is 17.5 Å². The molecule has 2 aliphatic rings. The summed E-state index contributed by atoms with van der Waals surface area (Å²) in [5.41, 5.74) is 0.193. The summed E-state index contributed by atoms with van der Waals surface area (Å²) >= 11 is 1.51. The van der Waals surface area contributed by atoms with Gasteiger partial charge in [0.2, 0.25) is 11.7 Å². The number of carbonyl (C=O) groups is 2. The second-order valence-corrected chi connectivity index (χ2v) is 7.61. The van der Waals surface area contributed by atoms with Crippen LogP contribution in [-0.4, -0.2) is 40.2 Å². The highest BCUT2D eigenvalue weighted by atomic mass is 32.1. The summed E-state index contributed by atoms with van der Waals surface area (Å²) in [5, 5.41) is 10.5. The van der Waals surface area contributed by atoms with Crippen molar-refractivity contribution in [3.05, 3.63) is 46.5 Å². The zero-order valence-corrected chi connectivity index (χ0v) is 16.2. The number of carbonyl (C=O) groups excluding carboxylic acids is 2. The number of amides is 3. The Morgan fingerprint density at radius 1 is 1.21 bits per heavy atom. The average Bonchev–Trinajstić information content (AvgIpc) is 3.46. The summed E-state index contributed by atoms with van der Waals surface area (Å²) in [5.74, 6) is 1.36.